The minimum absolute atomic E-state index is 0.239. The predicted octanol–water partition coefficient (Wildman–Crippen LogP) is -0.531. The van der Waals surface area contributed by atoms with Crippen molar-refractivity contribution in [2.45, 2.75) is 26.4 Å². The van der Waals surface area contributed by atoms with Gasteiger partial charge in [-0.1, -0.05) is 13.8 Å². The average molecular weight is 253 g/mol. The molecule has 1 amide bonds. The second-order valence-electron chi connectivity index (χ2n) is 4.16. The highest BCUT2D eigenvalue weighted by atomic mass is 16.4. The molecular formula is C11H15N3O4. The molecule has 0 fully saturated rings. The summed E-state index contributed by atoms with van der Waals surface area (Å²) in [5, 5.41) is 11.3. The lowest BCUT2D eigenvalue weighted by molar-refractivity contribution is -0.143. The molecule has 7 heteroatoms. The number of nitrogens with zero attached hydrogens (tertiary/aromatic N) is 2. The fourth-order valence-corrected chi connectivity index (χ4v) is 1.39. The van der Waals surface area contributed by atoms with Gasteiger partial charge in [0.1, 0.15) is 12.6 Å². The molecule has 1 heterocycles. The third kappa shape index (κ3) is 3.69. The van der Waals surface area contributed by atoms with Gasteiger partial charge in [-0.2, -0.15) is 0 Å². The topological polar surface area (TPSA) is 101 Å². The summed E-state index contributed by atoms with van der Waals surface area (Å²) >= 11 is 0. The highest BCUT2D eigenvalue weighted by Crippen LogP contribution is 2.01. The molecule has 2 N–H and O–H groups in total. The van der Waals surface area contributed by atoms with Crippen LogP contribution in [0.15, 0.2) is 23.3 Å². The Labute approximate surface area is 103 Å². The maximum absolute atomic E-state index is 11.6. The van der Waals surface area contributed by atoms with Crippen LogP contribution in [-0.4, -0.2) is 32.6 Å². The maximum Gasteiger partial charge on any atom is 0.347 e. The summed E-state index contributed by atoms with van der Waals surface area (Å²) in [5.74, 6) is -1.87. The fraction of sp³-hybridized carbons (Fsp3) is 0.455. The molecule has 0 aromatic carbocycles. The van der Waals surface area contributed by atoms with Crippen LogP contribution < -0.4 is 11.0 Å². The molecular weight excluding hydrogens is 238 g/mol. The summed E-state index contributed by atoms with van der Waals surface area (Å²) in [6.07, 6.45) is 2.74. The third-order valence-electron chi connectivity index (χ3n) is 2.35. The van der Waals surface area contributed by atoms with Crippen molar-refractivity contribution >= 4 is 11.9 Å². The smallest absolute Gasteiger partial charge is 0.347 e. The summed E-state index contributed by atoms with van der Waals surface area (Å²) in [6.45, 7) is 3.13. The van der Waals surface area contributed by atoms with Crippen molar-refractivity contribution in [3.8, 4) is 0 Å². The number of amides is 1. The van der Waals surface area contributed by atoms with E-state index >= 15 is 0 Å². The minimum Gasteiger partial charge on any atom is -0.480 e. The van der Waals surface area contributed by atoms with E-state index in [0.717, 1.165) is 4.57 Å². The Hall–Kier alpha value is -2.18. The van der Waals surface area contributed by atoms with Crippen molar-refractivity contribution in [2.75, 3.05) is 0 Å². The number of hydrogen-bond acceptors (Lipinski definition) is 4. The van der Waals surface area contributed by atoms with E-state index in [-0.39, 0.29) is 12.5 Å². The summed E-state index contributed by atoms with van der Waals surface area (Å²) in [5.41, 5.74) is -0.552. The molecule has 1 aromatic heterocycles. The van der Waals surface area contributed by atoms with Crippen LogP contribution in [0.5, 0.6) is 0 Å². The molecule has 1 rings (SSSR count). The lowest BCUT2D eigenvalue weighted by atomic mass is 10.1. The average Bonchev–Trinajstić information content (AvgIpc) is 2.28. The van der Waals surface area contributed by atoms with Crippen LogP contribution in [-0.2, 0) is 16.1 Å². The van der Waals surface area contributed by atoms with Gasteiger partial charge in [0.15, 0.2) is 0 Å². The zero-order valence-corrected chi connectivity index (χ0v) is 10.2. The molecule has 0 radical (unpaired) electrons. The highest BCUT2D eigenvalue weighted by Gasteiger charge is 2.23. The van der Waals surface area contributed by atoms with E-state index in [1.807, 2.05) is 0 Å². The van der Waals surface area contributed by atoms with Gasteiger partial charge in [0.05, 0.1) is 0 Å². The van der Waals surface area contributed by atoms with Gasteiger partial charge in [-0.05, 0) is 12.0 Å². The zero-order chi connectivity index (χ0) is 13.7. The van der Waals surface area contributed by atoms with Crippen LogP contribution >= 0.6 is 0 Å². The van der Waals surface area contributed by atoms with Gasteiger partial charge >= 0.3 is 11.7 Å². The van der Waals surface area contributed by atoms with E-state index in [9.17, 15) is 14.4 Å². The third-order valence-corrected chi connectivity index (χ3v) is 2.35. The van der Waals surface area contributed by atoms with Crippen molar-refractivity contribution in [1.29, 1.82) is 0 Å². The van der Waals surface area contributed by atoms with E-state index in [4.69, 9.17) is 5.11 Å². The van der Waals surface area contributed by atoms with Gasteiger partial charge < -0.3 is 10.4 Å². The van der Waals surface area contributed by atoms with Crippen molar-refractivity contribution in [2.24, 2.45) is 5.92 Å². The number of rotatable bonds is 5. The molecule has 1 aromatic rings. The van der Waals surface area contributed by atoms with Gasteiger partial charge in [0.25, 0.3) is 0 Å². The largest absolute Gasteiger partial charge is 0.480 e. The lowest BCUT2D eigenvalue weighted by Gasteiger charge is -2.17. The number of carboxylic acids is 1. The number of carboxylic acid groups (broad SMARTS) is 1. The number of hydrogen-bond donors (Lipinski definition) is 2. The van der Waals surface area contributed by atoms with E-state index in [2.05, 4.69) is 10.3 Å². The first-order valence-electron chi connectivity index (χ1n) is 5.45. The van der Waals surface area contributed by atoms with Gasteiger partial charge in [0.2, 0.25) is 5.91 Å². The summed E-state index contributed by atoms with van der Waals surface area (Å²) in [4.78, 5) is 37.3. The van der Waals surface area contributed by atoms with Crippen LogP contribution in [0.25, 0.3) is 0 Å². The van der Waals surface area contributed by atoms with E-state index < -0.39 is 23.6 Å². The number of aliphatic carboxylic acids is 1. The molecule has 98 valence electrons. The first-order chi connectivity index (χ1) is 8.41. The molecule has 0 saturated heterocycles. The monoisotopic (exact) mass is 253 g/mol. The molecule has 0 aliphatic rings. The first kappa shape index (κ1) is 13.9. The van der Waals surface area contributed by atoms with Crippen LogP contribution in [0.2, 0.25) is 0 Å². The lowest BCUT2D eigenvalue weighted by Crippen LogP contribution is -2.46. The molecule has 0 saturated carbocycles. The molecule has 0 aliphatic carbocycles. The zero-order valence-electron chi connectivity index (χ0n) is 10.2. The van der Waals surface area contributed by atoms with Crippen molar-refractivity contribution in [1.82, 2.24) is 14.9 Å². The number of aromatic nitrogens is 2. The summed E-state index contributed by atoms with van der Waals surface area (Å²) < 4.78 is 1.11. The molecule has 7 nitrogen and oxygen atoms in total. The first-order valence-corrected chi connectivity index (χ1v) is 5.45. The number of carbonyl (C=O) groups excluding carboxylic acids is 1. The van der Waals surface area contributed by atoms with Crippen molar-refractivity contribution in [3.63, 3.8) is 0 Å². The normalized spacial score (nSPS) is 12.2. The summed E-state index contributed by atoms with van der Waals surface area (Å²) in [6, 6.07) is 0.552. The Morgan fingerprint density at radius 1 is 1.50 bits per heavy atom. The summed E-state index contributed by atoms with van der Waals surface area (Å²) in [7, 11) is 0. The van der Waals surface area contributed by atoms with Gasteiger partial charge in [-0.3, -0.25) is 9.36 Å². The minimum atomic E-state index is -1.10. The standard InChI is InChI=1S/C11H15N3O4/c1-7(2)9(10(16)17)13-8(15)6-14-5-3-4-12-11(14)18/h3-5,7,9H,6H2,1-2H3,(H,13,15)(H,16,17). The molecule has 18 heavy (non-hydrogen) atoms. The number of carbonyl (C=O) groups is 2. The van der Waals surface area contributed by atoms with Crippen LogP contribution in [0, 0.1) is 5.92 Å². The van der Waals surface area contributed by atoms with Crippen molar-refractivity contribution < 1.29 is 14.7 Å². The molecule has 0 bridgehead atoms. The van der Waals surface area contributed by atoms with Gasteiger partial charge in [-0.25, -0.2) is 14.6 Å². The fourth-order valence-electron chi connectivity index (χ4n) is 1.39. The Kier molecular flexibility index (Phi) is 4.59. The highest BCUT2D eigenvalue weighted by molar-refractivity contribution is 5.83. The SMILES string of the molecule is CC(C)C(NC(=O)Cn1cccnc1=O)C(=O)O. The Morgan fingerprint density at radius 3 is 2.67 bits per heavy atom. The van der Waals surface area contributed by atoms with E-state index in [1.165, 1.54) is 18.5 Å². The van der Waals surface area contributed by atoms with Gasteiger partial charge in [-0.15, -0.1) is 0 Å². The van der Waals surface area contributed by atoms with Crippen molar-refractivity contribution in [3.05, 3.63) is 28.9 Å². The Bertz CT molecular complexity index is 495. The second kappa shape index (κ2) is 5.95. The Morgan fingerprint density at radius 2 is 2.17 bits per heavy atom. The molecule has 1 atom stereocenters. The maximum atomic E-state index is 11.6. The molecule has 0 aliphatic heterocycles. The number of nitrogens with one attached hydrogen (secondary N) is 1. The van der Waals surface area contributed by atoms with Crippen LogP contribution in [0.1, 0.15) is 13.8 Å². The quantitative estimate of drug-likeness (QED) is 0.734. The van der Waals surface area contributed by atoms with E-state index in [1.54, 1.807) is 13.8 Å². The second-order valence-corrected chi connectivity index (χ2v) is 4.16. The molecule has 0 spiro atoms. The van der Waals surface area contributed by atoms with Crippen LogP contribution in [0.3, 0.4) is 0 Å². The van der Waals surface area contributed by atoms with Gasteiger partial charge in [0, 0.05) is 12.4 Å². The predicted molar refractivity (Wildman–Crippen MR) is 62.9 cm³/mol. The molecule has 1 unspecified atom stereocenters. The van der Waals surface area contributed by atoms with E-state index in [0.29, 0.717) is 0 Å². The van der Waals surface area contributed by atoms with Crippen LogP contribution in [0.4, 0.5) is 0 Å². The Balaban J connectivity index is 2.70.